The second-order valence-corrected chi connectivity index (χ2v) is 7.44. The number of nitrogens with zero attached hydrogens (tertiary/aromatic N) is 3. The van der Waals surface area contributed by atoms with E-state index >= 15 is 0 Å². The molecule has 4 aromatic rings. The standard InChI is InChI=1S/C22H19N3O3S/c1-14-4-6-15(7-5-14)8-11-20-23-22-25(24-20)21(26)19(29-22)12-16-9-10-17(27-2)13-18(16)28-3/h4-13H,1-3H3/b11-8+,19-12+. The van der Waals surface area contributed by atoms with Crippen molar-refractivity contribution in [2.45, 2.75) is 6.92 Å². The van der Waals surface area contributed by atoms with Crippen LogP contribution in [0.15, 0.2) is 47.3 Å². The van der Waals surface area contributed by atoms with Gasteiger partial charge in [0, 0.05) is 11.6 Å². The van der Waals surface area contributed by atoms with Crippen molar-refractivity contribution in [3.63, 3.8) is 0 Å². The minimum absolute atomic E-state index is 0.203. The van der Waals surface area contributed by atoms with Gasteiger partial charge in [-0.1, -0.05) is 47.2 Å². The average Bonchev–Trinajstić information content (AvgIpc) is 3.26. The molecule has 6 nitrogen and oxygen atoms in total. The van der Waals surface area contributed by atoms with Crippen LogP contribution in [0.5, 0.6) is 11.5 Å². The van der Waals surface area contributed by atoms with Crippen molar-refractivity contribution in [3.05, 3.63) is 79.9 Å². The lowest BCUT2D eigenvalue weighted by Crippen LogP contribution is -2.23. The van der Waals surface area contributed by atoms with Crippen molar-refractivity contribution in [1.82, 2.24) is 14.6 Å². The number of aromatic nitrogens is 3. The molecule has 0 bridgehead atoms. The van der Waals surface area contributed by atoms with Gasteiger partial charge >= 0.3 is 0 Å². The topological polar surface area (TPSA) is 65.7 Å². The third-order valence-corrected chi connectivity index (χ3v) is 5.39. The second-order valence-electron chi connectivity index (χ2n) is 6.43. The van der Waals surface area contributed by atoms with Crippen LogP contribution in [-0.2, 0) is 0 Å². The summed E-state index contributed by atoms with van der Waals surface area (Å²) < 4.78 is 12.5. The van der Waals surface area contributed by atoms with Crippen molar-refractivity contribution >= 4 is 34.5 Å². The smallest absolute Gasteiger partial charge is 0.291 e. The van der Waals surface area contributed by atoms with Crippen LogP contribution in [0.1, 0.15) is 22.5 Å². The number of fused-ring (bicyclic) bond motifs is 1. The third kappa shape index (κ3) is 3.90. The van der Waals surface area contributed by atoms with E-state index in [9.17, 15) is 4.79 Å². The Kier molecular flexibility index (Phi) is 5.14. The Morgan fingerprint density at radius 1 is 1.03 bits per heavy atom. The summed E-state index contributed by atoms with van der Waals surface area (Å²) in [5, 5.41) is 4.32. The van der Waals surface area contributed by atoms with Gasteiger partial charge in [0.15, 0.2) is 5.82 Å². The van der Waals surface area contributed by atoms with E-state index in [1.807, 2.05) is 49.4 Å². The van der Waals surface area contributed by atoms with E-state index in [4.69, 9.17) is 9.47 Å². The number of hydrogen-bond donors (Lipinski definition) is 0. The van der Waals surface area contributed by atoms with E-state index in [-0.39, 0.29) is 5.56 Å². The highest BCUT2D eigenvalue weighted by atomic mass is 32.1. The Balaban J connectivity index is 1.68. The molecule has 0 aliphatic heterocycles. The molecule has 2 heterocycles. The third-order valence-electron chi connectivity index (χ3n) is 4.43. The summed E-state index contributed by atoms with van der Waals surface area (Å²) in [5.74, 6) is 1.82. The van der Waals surface area contributed by atoms with Crippen molar-refractivity contribution in [1.29, 1.82) is 0 Å². The van der Waals surface area contributed by atoms with Gasteiger partial charge in [0.2, 0.25) is 4.96 Å². The summed E-state index contributed by atoms with van der Waals surface area (Å²) >= 11 is 1.29. The van der Waals surface area contributed by atoms with Crippen LogP contribution < -0.4 is 19.6 Å². The predicted octanol–water partition coefficient (Wildman–Crippen LogP) is 3.19. The minimum Gasteiger partial charge on any atom is -0.497 e. The van der Waals surface area contributed by atoms with E-state index in [2.05, 4.69) is 10.1 Å². The maximum Gasteiger partial charge on any atom is 0.291 e. The highest BCUT2D eigenvalue weighted by Gasteiger charge is 2.10. The second kappa shape index (κ2) is 7.89. The number of rotatable bonds is 5. The predicted molar refractivity (Wildman–Crippen MR) is 116 cm³/mol. The molecule has 0 N–H and O–H groups in total. The van der Waals surface area contributed by atoms with E-state index in [0.29, 0.717) is 26.8 Å². The van der Waals surface area contributed by atoms with Crippen LogP contribution in [0.2, 0.25) is 0 Å². The van der Waals surface area contributed by atoms with Crippen LogP contribution in [0.4, 0.5) is 0 Å². The Labute approximate surface area is 171 Å². The molecule has 2 aromatic heterocycles. The number of aryl methyl sites for hydroxylation is 1. The molecule has 7 heteroatoms. The molecule has 0 amide bonds. The minimum atomic E-state index is -0.203. The summed E-state index contributed by atoms with van der Waals surface area (Å²) in [5.41, 5.74) is 2.84. The fraction of sp³-hybridized carbons (Fsp3) is 0.136. The molecular weight excluding hydrogens is 386 g/mol. The normalized spacial score (nSPS) is 12.2. The number of ether oxygens (including phenoxy) is 2. The molecule has 0 unspecified atom stereocenters. The molecule has 0 radical (unpaired) electrons. The zero-order valence-corrected chi connectivity index (χ0v) is 17.1. The SMILES string of the molecule is COc1ccc(/C=c2/sc3nc(/C=C/c4ccc(C)cc4)nn3c2=O)c(OC)c1. The van der Waals surface area contributed by atoms with Gasteiger partial charge in [-0.2, -0.15) is 9.50 Å². The molecule has 0 saturated carbocycles. The van der Waals surface area contributed by atoms with Gasteiger partial charge in [0.1, 0.15) is 11.5 Å². The molecule has 0 aliphatic carbocycles. The van der Waals surface area contributed by atoms with Crippen molar-refractivity contribution < 1.29 is 9.47 Å². The first-order valence-corrected chi connectivity index (χ1v) is 9.77. The number of hydrogen-bond acceptors (Lipinski definition) is 6. The van der Waals surface area contributed by atoms with E-state index in [1.54, 1.807) is 32.4 Å². The van der Waals surface area contributed by atoms with Gasteiger partial charge < -0.3 is 9.47 Å². The lowest BCUT2D eigenvalue weighted by Gasteiger charge is -2.06. The maximum absolute atomic E-state index is 12.7. The summed E-state index contributed by atoms with van der Waals surface area (Å²) in [6, 6.07) is 13.6. The van der Waals surface area contributed by atoms with E-state index < -0.39 is 0 Å². The van der Waals surface area contributed by atoms with Crippen LogP contribution in [0.3, 0.4) is 0 Å². The Bertz CT molecular complexity index is 1300. The van der Waals surface area contributed by atoms with Gasteiger partial charge in [0.25, 0.3) is 5.56 Å². The van der Waals surface area contributed by atoms with Crippen molar-refractivity contribution in [2.75, 3.05) is 14.2 Å². The molecule has 0 aliphatic rings. The molecule has 4 rings (SSSR count). The van der Waals surface area contributed by atoms with E-state index in [0.717, 1.165) is 11.1 Å². The number of thiazole rings is 1. The zero-order valence-electron chi connectivity index (χ0n) is 16.2. The van der Waals surface area contributed by atoms with Crippen LogP contribution in [0, 0.1) is 6.92 Å². The fourth-order valence-corrected chi connectivity index (χ4v) is 3.75. The lowest BCUT2D eigenvalue weighted by atomic mass is 10.1. The molecule has 29 heavy (non-hydrogen) atoms. The van der Waals surface area contributed by atoms with Crippen LogP contribution in [0.25, 0.3) is 23.2 Å². The molecule has 0 fully saturated rings. The molecule has 0 saturated heterocycles. The quantitative estimate of drug-likeness (QED) is 0.510. The first kappa shape index (κ1) is 18.9. The molecule has 2 aromatic carbocycles. The van der Waals surface area contributed by atoms with Gasteiger partial charge in [-0.25, -0.2) is 0 Å². The van der Waals surface area contributed by atoms with Gasteiger partial charge in [-0.3, -0.25) is 4.79 Å². The van der Waals surface area contributed by atoms with Crippen LogP contribution in [-0.4, -0.2) is 28.8 Å². The van der Waals surface area contributed by atoms with Gasteiger partial charge in [-0.05, 0) is 36.8 Å². The lowest BCUT2D eigenvalue weighted by molar-refractivity contribution is 0.393. The first-order chi connectivity index (χ1) is 14.1. The van der Waals surface area contributed by atoms with Crippen molar-refractivity contribution in [2.24, 2.45) is 0 Å². The Morgan fingerprint density at radius 2 is 1.83 bits per heavy atom. The summed E-state index contributed by atoms with van der Waals surface area (Å²) in [6.07, 6.45) is 5.52. The highest BCUT2D eigenvalue weighted by molar-refractivity contribution is 7.15. The van der Waals surface area contributed by atoms with E-state index in [1.165, 1.54) is 21.4 Å². The molecule has 146 valence electrons. The van der Waals surface area contributed by atoms with Gasteiger partial charge in [0.05, 0.1) is 18.8 Å². The monoisotopic (exact) mass is 405 g/mol. The molecular formula is C22H19N3O3S. The first-order valence-electron chi connectivity index (χ1n) is 8.95. The Hall–Kier alpha value is -3.45. The fourth-order valence-electron chi connectivity index (χ4n) is 2.85. The van der Waals surface area contributed by atoms with Crippen LogP contribution >= 0.6 is 11.3 Å². The number of benzene rings is 2. The molecule has 0 spiro atoms. The molecule has 0 atom stereocenters. The van der Waals surface area contributed by atoms with Crippen molar-refractivity contribution in [3.8, 4) is 11.5 Å². The zero-order chi connectivity index (χ0) is 20.4. The average molecular weight is 405 g/mol. The summed E-state index contributed by atoms with van der Waals surface area (Å²) in [4.78, 5) is 17.7. The summed E-state index contributed by atoms with van der Waals surface area (Å²) in [6.45, 7) is 2.05. The number of methoxy groups -OCH3 is 2. The van der Waals surface area contributed by atoms with Gasteiger partial charge in [-0.15, -0.1) is 5.10 Å². The maximum atomic E-state index is 12.7. The summed E-state index contributed by atoms with van der Waals surface area (Å²) in [7, 11) is 3.18. The highest BCUT2D eigenvalue weighted by Crippen LogP contribution is 2.25. The Morgan fingerprint density at radius 3 is 2.52 bits per heavy atom. The largest absolute Gasteiger partial charge is 0.497 e.